The van der Waals surface area contributed by atoms with Crippen molar-refractivity contribution in [3.8, 4) is 0 Å². The normalized spacial score (nSPS) is 17.3. The van der Waals surface area contributed by atoms with Crippen LogP contribution in [0, 0.1) is 6.92 Å². The molecule has 24 heavy (non-hydrogen) atoms. The van der Waals surface area contributed by atoms with E-state index in [1.54, 1.807) is 0 Å². The Morgan fingerprint density at radius 2 is 1.88 bits per heavy atom. The van der Waals surface area contributed by atoms with Crippen molar-refractivity contribution < 1.29 is 0 Å². The molecule has 1 aliphatic carbocycles. The van der Waals surface area contributed by atoms with Crippen LogP contribution < -0.4 is 0 Å². The van der Waals surface area contributed by atoms with Crippen LogP contribution >= 0.6 is 0 Å². The quantitative estimate of drug-likeness (QED) is 0.494. The van der Waals surface area contributed by atoms with Gasteiger partial charge in [0.25, 0.3) is 0 Å². The number of benzene rings is 2. The van der Waals surface area contributed by atoms with E-state index in [0.717, 1.165) is 11.9 Å². The first-order valence-corrected chi connectivity index (χ1v) is 8.77. The molecule has 0 saturated carbocycles. The Labute approximate surface area is 141 Å². The fourth-order valence-electron chi connectivity index (χ4n) is 4.35. The van der Waals surface area contributed by atoms with Gasteiger partial charge in [0.1, 0.15) is 0 Å². The fraction of sp³-hybridized carbons (Fsp3) is 0.227. The molecule has 4 aromatic rings. The number of hydrogen-bond acceptors (Lipinski definition) is 1. The highest BCUT2D eigenvalue weighted by Gasteiger charge is 2.27. The van der Waals surface area contributed by atoms with Crippen molar-refractivity contribution in [2.75, 3.05) is 0 Å². The summed E-state index contributed by atoms with van der Waals surface area (Å²) in [7, 11) is 0. The Hall–Kier alpha value is -2.61. The fourth-order valence-corrected chi connectivity index (χ4v) is 4.35. The van der Waals surface area contributed by atoms with E-state index in [0.29, 0.717) is 5.92 Å². The maximum Gasteiger partial charge on any atom is 0.0705 e. The lowest BCUT2D eigenvalue weighted by Crippen LogP contribution is -2.13. The minimum atomic E-state index is 0.446. The van der Waals surface area contributed by atoms with Gasteiger partial charge in [0.05, 0.1) is 5.52 Å². The molecule has 2 nitrogen and oxygen atoms in total. The zero-order chi connectivity index (χ0) is 16.1. The molecule has 2 heterocycles. The summed E-state index contributed by atoms with van der Waals surface area (Å²) in [5.41, 5.74) is 7.83. The molecule has 0 aliphatic heterocycles. The Balaban J connectivity index is 1.76. The molecular weight excluding hydrogens is 292 g/mol. The summed E-state index contributed by atoms with van der Waals surface area (Å²) in [6.45, 7) is 2.21. The second kappa shape index (κ2) is 5.20. The third-order valence-corrected chi connectivity index (χ3v) is 5.41. The van der Waals surface area contributed by atoms with Crippen molar-refractivity contribution in [1.82, 2.24) is 9.97 Å². The smallest absolute Gasteiger partial charge is 0.0705 e. The molecule has 2 aromatic heterocycles. The third-order valence-electron chi connectivity index (χ3n) is 5.41. The minimum absolute atomic E-state index is 0.446. The maximum absolute atomic E-state index is 4.98. The van der Waals surface area contributed by atoms with Gasteiger partial charge in [-0.3, -0.25) is 4.98 Å². The zero-order valence-corrected chi connectivity index (χ0v) is 13.8. The molecule has 0 amide bonds. The molecule has 1 atom stereocenters. The molecule has 118 valence electrons. The van der Waals surface area contributed by atoms with Crippen LogP contribution in [0.4, 0.5) is 0 Å². The van der Waals surface area contributed by atoms with Gasteiger partial charge in [-0.05, 0) is 55.5 Å². The van der Waals surface area contributed by atoms with E-state index in [1.807, 2.05) is 0 Å². The van der Waals surface area contributed by atoms with Gasteiger partial charge in [0, 0.05) is 33.6 Å². The number of aromatic nitrogens is 2. The van der Waals surface area contributed by atoms with Crippen molar-refractivity contribution in [2.24, 2.45) is 0 Å². The van der Waals surface area contributed by atoms with Gasteiger partial charge in [0.15, 0.2) is 0 Å². The third kappa shape index (κ3) is 1.99. The Kier molecular flexibility index (Phi) is 2.99. The van der Waals surface area contributed by atoms with E-state index in [2.05, 4.69) is 66.5 Å². The standard InChI is InChI=1S/C22H20N2/c1-14-22(17-8-3-5-11-20(17)23-14)16-9-6-12-21-18(16)13-15-7-2-4-10-19(15)24-21/h2-5,7-8,10-11,13,16,23H,6,9,12H2,1H3. The lowest BCUT2D eigenvalue weighted by Gasteiger charge is -2.26. The molecule has 0 spiro atoms. The number of H-pyrrole nitrogens is 1. The lowest BCUT2D eigenvalue weighted by molar-refractivity contribution is 0.606. The number of hydrogen-bond donors (Lipinski definition) is 1. The number of rotatable bonds is 1. The van der Waals surface area contributed by atoms with Gasteiger partial charge < -0.3 is 4.98 Å². The molecule has 0 fully saturated rings. The van der Waals surface area contributed by atoms with E-state index < -0.39 is 0 Å². The van der Waals surface area contributed by atoms with Crippen LogP contribution in [0.3, 0.4) is 0 Å². The molecule has 1 unspecified atom stereocenters. The highest BCUT2D eigenvalue weighted by atomic mass is 14.7. The second-order valence-electron chi connectivity index (χ2n) is 6.87. The second-order valence-corrected chi connectivity index (χ2v) is 6.87. The van der Waals surface area contributed by atoms with Crippen LogP contribution in [0.1, 0.15) is 41.3 Å². The molecule has 1 aliphatic rings. The maximum atomic E-state index is 4.98. The highest BCUT2D eigenvalue weighted by molar-refractivity contribution is 5.86. The lowest BCUT2D eigenvalue weighted by atomic mass is 9.79. The first-order chi connectivity index (χ1) is 11.8. The molecule has 2 heteroatoms. The van der Waals surface area contributed by atoms with Crippen LogP contribution in [0.2, 0.25) is 0 Å². The predicted octanol–water partition coefficient (Wildman–Crippen LogP) is 5.49. The number of fused-ring (bicyclic) bond motifs is 3. The van der Waals surface area contributed by atoms with Crippen molar-refractivity contribution in [2.45, 2.75) is 32.1 Å². The molecular formula is C22H20N2. The molecule has 0 bridgehead atoms. The van der Waals surface area contributed by atoms with Gasteiger partial charge in [0.2, 0.25) is 0 Å². The van der Waals surface area contributed by atoms with Crippen molar-refractivity contribution in [3.63, 3.8) is 0 Å². The summed E-state index contributed by atoms with van der Waals surface area (Å²) in [4.78, 5) is 8.55. The SMILES string of the molecule is Cc1[nH]c2ccccc2c1C1CCCc2nc3ccccc3cc21. The van der Waals surface area contributed by atoms with Gasteiger partial charge >= 0.3 is 0 Å². The molecule has 5 rings (SSSR count). The minimum Gasteiger partial charge on any atom is -0.358 e. The Bertz CT molecular complexity index is 1060. The summed E-state index contributed by atoms with van der Waals surface area (Å²) in [5, 5.41) is 2.61. The number of aromatic amines is 1. The number of para-hydroxylation sites is 2. The van der Waals surface area contributed by atoms with E-state index >= 15 is 0 Å². The van der Waals surface area contributed by atoms with Crippen molar-refractivity contribution in [3.05, 3.63) is 77.1 Å². The van der Waals surface area contributed by atoms with Gasteiger partial charge in [-0.2, -0.15) is 0 Å². The van der Waals surface area contributed by atoms with Crippen LogP contribution in [0.25, 0.3) is 21.8 Å². The molecule has 0 radical (unpaired) electrons. The Morgan fingerprint density at radius 3 is 2.83 bits per heavy atom. The van der Waals surface area contributed by atoms with E-state index in [4.69, 9.17) is 4.98 Å². The molecule has 0 saturated heterocycles. The largest absolute Gasteiger partial charge is 0.358 e. The topological polar surface area (TPSA) is 28.7 Å². The van der Waals surface area contributed by atoms with Gasteiger partial charge in [-0.15, -0.1) is 0 Å². The van der Waals surface area contributed by atoms with E-state index in [1.165, 1.54) is 51.6 Å². The monoisotopic (exact) mass is 312 g/mol. The van der Waals surface area contributed by atoms with Gasteiger partial charge in [-0.1, -0.05) is 36.4 Å². The van der Waals surface area contributed by atoms with Crippen LogP contribution in [-0.4, -0.2) is 9.97 Å². The summed E-state index contributed by atoms with van der Waals surface area (Å²) in [5.74, 6) is 0.446. The highest BCUT2D eigenvalue weighted by Crippen LogP contribution is 2.41. The number of nitrogens with one attached hydrogen (secondary N) is 1. The zero-order valence-electron chi connectivity index (χ0n) is 13.8. The summed E-state index contributed by atoms with van der Waals surface area (Å²) < 4.78 is 0. The first kappa shape index (κ1) is 13.8. The summed E-state index contributed by atoms with van der Waals surface area (Å²) in [6, 6.07) is 19.5. The van der Waals surface area contributed by atoms with E-state index in [-0.39, 0.29) is 0 Å². The van der Waals surface area contributed by atoms with E-state index in [9.17, 15) is 0 Å². The molecule has 1 N–H and O–H groups in total. The number of nitrogens with zero attached hydrogens (tertiary/aromatic N) is 1. The summed E-state index contributed by atoms with van der Waals surface area (Å²) in [6.07, 6.45) is 3.51. The first-order valence-electron chi connectivity index (χ1n) is 8.77. The van der Waals surface area contributed by atoms with Crippen molar-refractivity contribution in [1.29, 1.82) is 0 Å². The predicted molar refractivity (Wildman–Crippen MR) is 99.6 cm³/mol. The average Bonchev–Trinajstić information content (AvgIpc) is 2.95. The molecule has 2 aromatic carbocycles. The van der Waals surface area contributed by atoms with Crippen LogP contribution in [-0.2, 0) is 6.42 Å². The van der Waals surface area contributed by atoms with Crippen molar-refractivity contribution >= 4 is 21.8 Å². The Morgan fingerprint density at radius 1 is 1.04 bits per heavy atom. The van der Waals surface area contributed by atoms with Crippen LogP contribution in [0.5, 0.6) is 0 Å². The number of pyridine rings is 1. The summed E-state index contributed by atoms with van der Waals surface area (Å²) >= 11 is 0. The average molecular weight is 312 g/mol. The van der Waals surface area contributed by atoms with Crippen LogP contribution in [0.15, 0.2) is 54.6 Å². The van der Waals surface area contributed by atoms with Gasteiger partial charge in [-0.25, -0.2) is 0 Å². The number of aryl methyl sites for hydroxylation is 2.